The van der Waals surface area contributed by atoms with Crippen LogP contribution in [-0.2, 0) is 0 Å². The molecule has 5 heteroatoms. The Labute approximate surface area is 102 Å². The average Bonchev–Trinajstić information content (AvgIpc) is 2.74. The second-order valence-corrected chi connectivity index (χ2v) is 4.81. The molecule has 2 N–H and O–H groups in total. The zero-order chi connectivity index (χ0) is 12.3. The lowest BCUT2D eigenvalue weighted by molar-refractivity contribution is 0.326. The van der Waals surface area contributed by atoms with Crippen LogP contribution in [0.5, 0.6) is 5.88 Å². The van der Waals surface area contributed by atoms with Gasteiger partial charge in [-0.2, -0.15) is 4.98 Å². The number of aromatic nitrogens is 2. The van der Waals surface area contributed by atoms with Gasteiger partial charge in [-0.1, -0.05) is 6.92 Å². The summed E-state index contributed by atoms with van der Waals surface area (Å²) >= 11 is 0. The quantitative estimate of drug-likeness (QED) is 0.846. The minimum atomic E-state index is 0.185. The van der Waals surface area contributed by atoms with E-state index in [9.17, 15) is 0 Å². The Morgan fingerprint density at radius 3 is 3.06 bits per heavy atom. The molecule has 2 rings (SSSR count). The molecule has 94 valence electrons. The number of ether oxygens (including phenoxy) is 1. The fraction of sp³-hybridized carbons (Fsp3) is 0.667. The minimum absolute atomic E-state index is 0.185. The molecule has 1 aromatic heterocycles. The summed E-state index contributed by atoms with van der Waals surface area (Å²) in [5.41, 5.74) is 5.98. The van der Waals surface area contributed by atoms with E-state index in [1.807, 2.05) is 6.92 Å². The van der Waals surface area contributed by atoms with Gasteiger partial charge in [-0.05, 0) is 25.3 Å². The molecule has 0 aromatic carbocycles. The maximum Gasteiger partial charge on any atom is 0.228 e. The summed E-state index contributed by atoms with van der Waals surface area (Å²) in [5.74, 6) is 1.38. The number of rotatable bonds is 4. The molecule has 1 aliphatic heterocycles. The van der Waals surface area contributed by atoms with Gasteiger partial charge in [-0.3, -0.25) is 0 Å². The van der Waals surface area contributed by atoms with Crippen LogP contribution >= 0.6 is 0 Å². The zero-order valence-electron chi connectivity index (χ0n) is 10.5. The normalized spacial score (nSPS) is 24.1. The van der Waals surface area contributed by atoms with Crippen molar-refractivity contribution in [3.8, 4) is 5.88 Å². The van der Waals surface area contributed by atoms with Gasteiger partial charge in [0, 0.05) is 25.4 Å². The number of nitrogens with zero attached hydrogens (tertiary/aromatic N) is 3. The van der Waals surface area contributed by atoms with Crippen LogP contribution in [-0.4, -0.2) is 36.2 Å². The number of anilines is 1. The van der Waals surface area contributed by atoms with E-state index in [-0.39, 0.29) is 5.41 Å². The van der Waals surface area contributed by atoms with E-state index in [4.69, 9.17) is 10.5 Å². The van der Waals surface area contributed by atoms with Crippen molar-refractivity contribution in [1.29, 1.82) is 0 Å². The molecule has 1 aromatic rings. The van der Waals surface area contributed by atoms with Crippen LogP contribution in [0.3, 0.4) is 0 Å². The Hall–Kier alpha value is -1.36. The summed E-state index contributed by atoms with van der Waals surface area (Å²) in [5, 5.41) is 0. The molecule has 2 heterocycles. The summed E-state index contributed by atoms with van der Waals surface area (Å²) < 4.78 is 5.38. The van der Waals surface area contributed by atoms with Crippen molar-refractivity contribution < 1.29 is 4.74 Å². The van der Waals surface area contributed by atoms with E-state index in [0.717, 1.165) is 25.5 Å². The highest BCUT2D eigenvalue weighted by Gasteiger charge is 2.33. The largest absolute Gasteiger partial charge is 0.478 e. The maximum absolute atomic E-state index is 5.79. The van der Waals surface area contributed by atoms with Crippen molar-refractivity contribution >= 4 is 5.95 Å². The first-order chi connectivity index (χ1) is 8.17. The number of nitrogens with two attached hydrogens (primary N) is 1. The predicted octanol–water partition coefficient (Wildman–Crippen LogP) is 1.05. The monoisotopic (exact) mass is 236 g/mol. The molecule has 1 atom stereocenters. The van der Waals surface area contributed by atoms with Crippen LogP contribution in [0.1, 0.15) is 20.3 Å². The van der Waals surface area contributed by atoms with Gasteiger partial charge in [-0.25, -0.2) is 4.98 Å². The van der Waals surface area contributed by atoms with Crippen LogP contribution in [0.15, 0.2) is 12.3 Å². The van der Waals surface area contributed by atoms with Crippen molar-refractivity contribution in [1.82, 2.24) is 9.97 Å². The first kappa shape index (κ1) is 12.1. The zero-order valence-corrected chi connectivity index (χ0v) is 10.5. The summed E-state index contributed by atoms with van der Waals surface area (Å²) in [4.78, 5) is 10.9. The van der Waals surface area contributed by atoms with Gasteiger partial charge in [0.05, 0.1) is 6.61 Å². The molecule has 0 spiro atoms. The maximum atomic E-state index is 5.79. The van der Waals surface area contributed by atoms with E-state index in [0.29, 0.717) is 19.0 Å². The van der Waals surface area contributed by atoms with Crippen molar-refractivity contribution in [3.63, 3.8) is 0 Å². The molecule has 0 saturated carbocycles. The van der Waals surface area contributed by atoms with Gasteiger partial charge in [0.15, 0.2) is 0 Å². The third-order valence-electron chi connectivity index (χ3n) is 3.24. The third-order valence-corrected chi connectivity index (χ3v) is 3.24. The van der Waals surface area contributed by atoms with Crippen LogP contribution in [0.4, 0.5) is 5.95 Å². The molecule has 0 aliphatic carbocycles. The van der Waals surface area contributed by atoms with Gasteiger partial charge < -0.3 is 15.4 Å². The topological polar surface area (TPSA) is 64.3 Å². The Kier molecular flexibility index (Phi) is 3.47. The Balaban J connectivity index is 2.10. The fourth-order valence-electron chi connectivity index (χ4n) is 2.07. The first-order valence-corrected chi connectivity index (χ1v) is 6.08. The molecule has 0 bridgehead atoms. The molecule has 17 heavy (non-hydrogen) atoms. The lowest BCUT2D eigenvalue weighted by Gasteiger charge is -2.22. The second-order valence-electron chi connectivity index (χ2n) is 4.81. The van der Waals surface area contributed by atoms with Crippen molar-refractivity contribution in [2.45, 2.75) is 20.3 Å². The molecule has 5 nitrogen and oxygen atoms in total. The van der Waals surface area contributed by atoms with Gasteiger partial charge >= 0.3 is 0 Å². The standard InChI is InChI=1S/C12H20N4O/c1-3-17-10-4-6-14-11(15-10)16-7-5-12(2,8-13)9-16/h4,6H,3,5,7-9,13H2,1-2H3. The number of hydrogen-bond acceptors (Lipinski definition) is 5. The first-order valence-electron chi connectivity index (χ1n) is 6.08. The van der Waals surface area contributed by atoms with E-state index >= 15 is 0 Å². The lowest BCUT2D eigenvalue weighted by Crippen LogP contribution is -2.31. The Morgan fingerprint density at radius 1 is 1.59 bits per heavy atom. The van der Waals surface area contributed by atoms with Gasteiger partial charge in [0.25, 0.3) is 0 Å². The molecule has 1 fully saturated rings. The fourth-order valence-corrected chi connectivity index (χ4v) is 2.07. The van der Waals surface area contributed by atoms with E-state index in [1.54, 1.807) is 12.3 Å². The highest BCUT2D eigenvalue weighted by atomic mass is 16.5. The molecule has 1 unspecified atom stereocenters. The summed E-state index contributed by atoms with van der Waals surface area (Å²) in [7, 11) is 0. The SMILES string of the molecule is CCOc1ccnc(N2CCC(C)(CN)C2)n1. The molecule has 0 radical (unpaired) electrons. The van der Waals surface area contributed by atoms with E-state index in [1.165, 1.54) is 0 Å². The molecule has 0 amide bonds. The van der Waals surface area contributed by atoms with Crippen LogP contribution in [0.25, 0.3) is 0 Å². The van der Waals surface area contributed by atoms with Gasteiger partial charge in [0.1, 0.15) is 0 Å². The Morgan fingerprint density at radius 2 is 2.41 bits per heavy atom. The second kappa shape index (κ2) is 4.87. The average molecular weight is 236 g/mol. The summed E-state index contributed by atoms with van der Waals surface area (Å²) in [6.45, 7) is 7.36. The van der Waals surface area contributed by atoms with E-state index in [2.05, 4.69) is 21.8 Å². The highest BCUT2D eigenvalue weighted by Crippen LogP contribution is 2.30. The van der Waals surface area contributed by atoms with Crippen molar-refractivity contribution in [3.05, 3.63) is 12.3 Å². The molecular weight excluding hydrogens is 216 g/mol. The van der Waals surface area contributed by atoms with Gasteiger partial charge in [-0.15, -0.1) is 0 Å². The van der Waals surface area contributed by atoms with Gasteiger partial charge in [0.2, 0.25) is 11.8 Å². The van der Waals surface area contributed by atoms with Crippen LogP contribution in [0, 0.1) is 5.41 Å². The number of hydrogen-bond donors (Lipinski definition) is 1. The summed E-state index contributed by atoms with van der Waals surface area (Å²) in [6, 6.07) is 1.78. The highest BCUT2D eigenvalue weighted by molar-refractivity contribution is 5.34. The molecule has 1 aliphatic rings. The van der Waals surface area contributed by atoms with Crippen LogP contribution in [0.2, 0.25) is 0 Å². The Bertz CT molecular complexity index is 385. The lowest BCUT2D eigenvalue weighted by atomic mass is 9.90. The summed E-state index contributed by atoms with van der Waals surface area (Å²) in [6.07, 6.45) is 2.83. The van der Waals surface area contributed by atoms with Crippen molar-refractivity contribution in [2.24, 2.45) is 11.1 Å². The minimum Gasteiger partial charge on any atom is -0.478 e. The van der Waals surface area contributed by atoms with Crippen molar-refractivity contribution in [2.75, 3.05) is 31.1 Å². The predicted molar refractivity (Wildman–Crippen MR) is 67.2 cm³/mol. The van der Waals surface area contributed by atoms with E-state index < -0.39 is 0 Å². The smallest absolute Gasteiger partial charge is 0.228 e. The molecule has 1 saturated heterocycles. The molecular formula is C12H20N4O. The third kappa shape index (κ3) is 2.66. The van der Waals surface area contributed by atoms with Crippen LogP contribution < -0.4 is 15.4 Å².